The summed E-state index contributed by atoms with van der Waals surface area (Å²) in [5, 5.41) is 6.20. The van der Waals surface area contributed by atoms with Crippen LogP contribution in [0.2, 0.25) is 0 Å². The van der Waals surface area contributed by atoms with Crippen LogP contribution in [0.15, 0.2) is 42.5 Å². The van der Waals surface area contributed by atoms with Crippen LogP contribution in [0.3, 0.4) is 0 Å². The van der Waals surface area contributed by atoms with Crippen LogP contribution >= 0.6 is 0 Å². The molecule has 0 aromatic heterocycles. The lowest BCUT2D eigenvalue weighted by Crippen LogP contribution is -2.32. The third-order valence-corrected chi connectivity index (χ3v) is 5.36. The number of hydrogen-bond donors (Lipinski definition) is 2. The molecule has 3 rings (SSSR count). The van der Waals surface area contributed by atoms with Gasteiger partial charge in [0.05, 0.1) is 14.2 Å². The molecule has 1 amide bonds. The molecule has 1 aliphatic heterocycles. The summed E-state index contributed by atoms with van der Waals surface area (Å²) in [6, 6.07) is 13.7. The zero-order valence-electron chi connectivity index (χ0n) is 17.5. The predicted molar refractivity (Wildman–Crippen MR) is 118 cm³/mol. The summed E-state index contributed by atoms with van der Waals surface area (Å²) in [5.41, 5.74) is 2.94. The van der Waals surface area contributed by atoms with Crippen molar-refractivity contribution in [1.29, 1.82) is 0 Å². The first kappa shape index (κ1) is 20.8. The molecule has 29 heavy (non-hydrogen) atoms. The highest BCUT2D eigenvalue weighted by Crippen LogP contribution is 2.29. The van der Waals surface area contributed by atoms with E-state index >= 15 is 0 Å². The van der Waals surface area contributed by atoms with Crippen LogP contribution in [0.1, 0.15) is 26.2 Å². The molecule has 0 radical (unpaired) electrons. The molecule has 0 aliphatic carbocycles. The number of carbonyl (C=O) groups excluding carboxylic acids is 1. The molecule has 0 saturated carbocycles. The Morgan fingerprint density at radius 3 is 2.31 bits per heavy atom. The zero-order chi connectivity index (χ0) is 20.6. The number of anilines is 3. The van der Waals surface area contributed by atoms with Crippen molar-refractivity contribution < 1.29 is 14.3 Å². The lowest BCUT2D eigenvalue weighted by atomic mass is 9.99. The van der Waals surface area contributed by atoms with E-state index in [9.17, 15) is 4.79 Å². The minimum atomic E-state index is -0.0162. The van der Waals surface area contributed by atoms with E-state index in [0.29, 0.717) is 24.5 Å². The van der Waals surface area contributed by atoms with E-state index in [4.69, 9.17) is 9.47 Å². The Kier molecular flexibility index (Phi) is 7.22. The van der Waals surface area contributed by atoms with Gasteiger partial charge in [-0.15, -0.1) is 0 Å². The summed E-state index contributed by atoms with van der Waals surface area (Å²) >= 11 is 0. The van der Waals surface area contributed by atoms with Gasteiger partial charge >= 0.3 is 0 Å². The van der Waals surface area contributed by atoms with Gasteiger partial charge in [-0.3, -0.25) is 4.79 Å². The fraction of sp³-hybridized carbons (Fsp3) is 0.435. The van der Waals surface area contributed by atoms with Crippen molar-refractivity contribution in [2.24, 2.45) is 5.92 Å². The smallest absolute Gasteiger partial charge is 0.226 e. The Morgan fingerprint density at radius 2 is 1.66 bits per heavy atom. The second kappa shape index (κ2) is 10.0. The van der Waals surface area contributed by atoms with E-state index in [1.807, 2.05) is 30.3 Å². The van der Waals surface area contributed by atoms with E-state index < -0.39 is 0 Å². The van der Waals surface area contributed by atoms with Gasteiger partial charge in [-0.05, 0) is 55.2 Å². The lowest BCUT2D eigenvalue weighted by molar-refractivity contribution is -0.115. The Bertz CT molecular complexity index is 800. The number of piperidine rings is 1. The van der Waals surface area contributed by atoms with Crippen molar-refractivity contribution in [3.63, 3.8) is 0 Å². The summed E-state index contributed by atoms with van der Waals surface area (Å²) in [7, 11) is 3.21. The number of nitrogens with zero attached hydrogens (tertiary/aromatic N) is 1. The number of methoxy groups -OCH3 is 2. The van der Waals surface area contributed by atoms with Crippen LogP contribution in [0, 0.1) is 5.92 Å². The molecule has 1 aliphatic rings. The van der Waals surface area contributed by atoms with Gasteiger partial charge in [0.2, 0.25) is 5.91 Å². The average Bonchev–Trinajstić information content (AvgIpc) is 2.75. The van der Waals surface area contributed by atoms with Crippen molar-refractivity contribution in [1.82, 2.24) is 0 Å². The lowest BCUT2D eigenvalue weighted by Gasteiger charge is -2.32. The third kappa shape index (κ3) is 5.79. The molecule has 0 spiro atoms. The summed E-state index contributed by atoms with van der Waals surface area (Å²) in [4.78, 5) is 14.7. The highest BCUT2D eigenvalue weighted by molar-refractivity contribution is 5.91. The van der Waals surface area contributed by atoms with Crippen LogP contribution in [0.25, 0.3) is 0 Å². The number of benzene rings is 2. The summed E-state index contributed by atoms with van der Waals surface area (Å²) in [5.74, 6) is 2.14. The quantitative estimate of drug-likeness (QED) is 0.692. The number of ether oxygens (including phenoxy) is 2. The highest BCUT2D eigenvalue weighted by atomic mass is 16.5. The van der Waals surface area contributed by atoms with Crippen molar-refractivity contribution >= 4 is 23.0 Å². The maximum absolute atomic E-state index is 12.2. The molecule has 156 valence electrons. The Hall–Kier alpha value is -2.89. The monoisotopic (exact) mass is 397 g/mol. The Labute approximate surface area is 173 Å². The number of rotatable bonds is 8. The number of nitrogens with one attached hydrogen (secondary N) is 2. The Balaban J connectivity index is 1.45. The molecule has 0 bridgehead atoms. The van der Waals surface area contributed by atoms with Crippen LogP contribution in [-0.4, -0.2) is 39.8 Å². The molecule has 2 aromatic rings. The second-order valence-electron chi connectivity index (χ2n) is 7.51. The first-order chi connectivity index (χ1) is 14.1. The second-order valence-corrected chi connectivity index (χ2v) is 7.51. The zero-order valence-corrected chi connectivity index (χ0v) is 17.5. The maximum atomic E-state index is 12.2. The minimum absolute atomic E-state index is 0.0162. The van der Waals surface area contributed by atoms with Crippen molar-refractivity contribution in [2.45, 2.75) is 26.2 Å². The largest absolute Gasteiger partial charge is 0.493 e. The van der Waals surface area contributed by atoms with E-state index in [0.717, 1.165) is 30.4 Å². The summed E-state index contributed by atoms with van der Waals surface area (Å²) < 4.78 is 10.5. The van der Waals surface area contributed by atoms with Gasteiger partial charge in [-0.2, -0.15) is 0 Å². The number of hydrogen-bond acceptors (Lipinski definition) is 5. The van der Waals surface area contributed by atoms with E-state index in [1.165, 1.54) is 18.5 Å². The van der Waals surface area contributed by atoms with E-state index in [2.05, 4.69) is 34.6 Å². The molecule has 6 nitrogen and oxygen atoms in total. The van der Waals surface area contributed by atoms with Gasteiger partial charge in [-0.25, -0.2) is 0 Å². The SMILES string of the molecule is COc1ccc(NCCC(=O)Nc2ccc(N3CCC(C)CC3)cc2)cc1OC. The van der Waals surface area contributed by atoms with Gasteiger partial charge in [0.15, 0.2) is 11.5 Å². The minimum Gasteiger partial charge on any atom is -0.493 e. The van der Waals surface area contributed by atoms with Crippen LogP contribution < -0.4 is 25.0 Å². The average molecular weight is 398 g/mol. The number of amides is 1. The van der Waals surface area contributed by atoms with Gasteiger partial charge in [-0.1, -0.05) is 6.92 Å². The Morgan fingerprint density at radius 1 is 1.00 bits per heavy atom. The fourth-order valence-electron chi connectivity index (χ4n) is 3.51. The third-order valence-electron chi connectivity index (χ3n) is 5.36. The summed E-state index contributed by atoms with van der Waals surface area (Å²) in [6.45, 7) is 5.06. The first-order valence-electron chi connectivity index (χ1n) is 10.2. The van der Waals surface area contributed by atoms with Crippen molar-refractivity contribution in [3.05, 3.63) is 42.5 Å². The van der Waals surface area contributed by atoms with E-state index in [-0.39, 0.29) is 5.91 Å². The van der Waals surface area contributed by atoms with E-state index in [1.54, 1.807) is 14.2 Å². The fourth-order valence-corrected chi connectivity index (χ4v) is 3.51. The normalized spacial score (nSPS) is 14.4. The molecule has 2 N–H and O–H groups in total. The van der Waals surface area contributed by atoms with Gasteiger partial charge < -0.3 is 25.0 Å². The molecule has 0 atom stereocenters. The summed E-state index contributed by atoms with van der Waals surface area (Å²) in [6.07, 6.45) is 2.86. The maximum Gasteiger partial charge on any atom is 0.226 e. The molecule has 1 saturated heterocycles. The van der Waals surface area contributed by atoms with Crippen molar-refractivity contribution in [2.75, 3.05) is 49.4 Å². The molecule has 2 aromatic carbocycles. The molecular weight excluding hydrogens is 366 g/mol. The first-order valence-corrected chi connectivity index (χ1v) is 10.2. The molecule has 1 fully saturated rings. The number of carbonyl (C=O) groups is 1. The van der Waals surface area contributed by atoms with Crippen molar-refractivity contribution in [3.8, 4) is 11.5 Å². The van der Waals surface area contributed by atoms with Gasteiger partial charge in [0.1, 0.15) is 0 Å². The van der Waals surface area contributed by atoms with Gasteiger partial charge in [0, 0.05) is 49.2 Å². The molecular formula is C23H31N3O3. The highest BCUT2D eigenvalue weighted by Gasteiger charge is 2.16. The van der Waals surface area contributed by atoms with Crippen LogP contribution in [0.5, 0.6) is 11.5 Å². The topological polar surface area (TPSA) is 62.8 Å². The van der Waals surface area contributed by atoms with Gasteiger partial charge in [0.25, 0.3) is 0 Å². The molecule has 1 heterocycles. The standard InChI is InChI=1S/C23H31N3O3/c1-17-11-14-26(15-12-17)20-7-4-18(5-8-20)25-23(27)10-13-24-19-6-9-21(28-2)22(16-19)29-3/h4-9,16-17,24H,10-15H2,1-3H3,(H,25,27). The molecule has 6 heteroatoms. The van der Waals surface area contributed by atoms with Crippen LogP contribution in [-0.2, 0) is 4.79 Å². The van der Waals surface area contributed by atoms with Crippen LogP contribution in [0.4, 0.5) is 17.1 Å². The molecule has 0 unspecified atom stereocenters. The predicted octanol–water partition coefficient (Wildman–Crippen LogP) is 4.38.